The number of aromatic amines is 2. The standard InChI is InChI=1S/C64H61F3N10O11/c1-6-43-35(2)48-31-49-36(3)44(53(71-49)33-51-38(5)46(21-23-60(81)82)55(73-51)34-54-45(20-22-59(79)80)37(4)50(72-54)32-52(43)70-48)13-10-25-68-58(78)24-26-87-27-28-88-57-30-40(63(75-76-63)64(65,66)67)14-19-47(57)61(83)74-56(29-39-11-8-7-9-12-39)62(84)69-41-15-17-42(18-16-41)77(85)86/h6-19,30-34,56,70-71H,1,20-29H2,2-5H3,(H,68,78)(H,69,84)(H,74,83)(H,79,80)(H,81,82)/b13-10+,48-31?,49-31?,50-32?,51-33?,52-32?,53-33?,54-34?,55-34?/t56-/m0/s1. The van der Waals surface area contributed by atoms with E-state index in [0.717, 1.165) is 73.7 Å². The predicted octanol–water partition coefficient (Wildman–Crippen LogP) is 11.8. The summed E-state index contributed by atoms with van der Waals surface area (Å²) in [6, 6.07) is 23.2. The van der Waals surface area contributed by atoms with Gasteiger partial charge in [0, 0.05) is 88.8 Å². The lowest BCUT2D eigenvalue weighted by Gasteiger charge is -2.21. The number of nitrogens with one attached hydrogen (secondary N) is 5. The molecule has 3 aliphatic heterocycles. The minimum Gasteiger partial charge on any atom is -0.490 e. The molecule has 454 valence electrons. The van der Waals surface area contributed by atoms with Crippen LogP contribution in [0.25, 0.3) is 56.5 Å². The Hall–Kier alpha value is -10.4. The number of carboxylic acids is 2. The summed E-state index contributed by atoms with van der Waals surface area (Å²) in [6.07, 6.45) is 0.480. The van der Waals surface area contributed by atoms with Crippen LogP contribution in [0.1, 0.15) is 112 Å². The Bertz CT molecular complexity index is 4090. The van der Waals surface area contributed by atoms with Crippen molar-refractivity contribution in [1.29, 1.82) is 0 Å². The largest absolute Gasteiger partial charge is 0.490 e. The SMILES string of the molecule is C=Cc1c(C)c2cc3[nH]c(cc4nc(cc5nc(cc1[nH]2)C(C)=C5CCC(=O)O)C(CCC(=O)O)=C4C)c(/C=C/CNC(=O)CCOCCOc1cc(C2(C(F)(F)F)N=N2)ccc1C(=O)N[C@@H](Cc1ccccc1)C(=O)Nc1ccc([N+](=O)[O-])cc1)c3C. The number of allylic oxidation sites excluding steroid dienone is 4. The lowest BCUT2D eigenvalue weighted by Crippen LogP contribution is -2.45. The zero-order valence-electron chi connectivity index (χ0n) is 48.3. The maximum Gasteiger partial charge on any atom is 0.442 e. The van der Waals surface area contributed by atoms with Crippen LogP contribution in [-0.2, 0) is 36.0 Å². The second kappa shape index (κ2) is 26.5. The summed E-state index contributed by atoms with van der Waals surface area (Å²) in [5.74, 6) is -4.18. The topological polar surface area (TPSA) is 306 Å². The Morgan fingerprint density at radius 3 is 1.91 bits per heavy atom. The van der Waals surface area contributed by atoms with Crippen LogP contribution in [0.3, 0.4) is 0 Å². The van der Waals surface area contributed by atoms with Crippen LogP contribution in [0.15, 0.2) is 120 Å². The van der Waals surface area contributed by atoms with Crippen molar-refractivity contribution in [3.63, 3.8) is 0 Å². The highest BCUT2D eigenvalue weighted by Crippen LogP contribution is 2.53. The molecule has 0 fully saturated rings. The van der Waals surface area contributed by atoms with Crippen molar-refractivity contribution in [3.8, 4) is 5.75 Å². The summed E-state index contributed by atoms with van der Waals surface area (Å²) in [5, 5.41) is 45.3. The quantitative estimate of drug-likeness (QED) is 0.0160. The number of H-pyrrole nitrogens is 2. The zero-order chi connectivity index (χ0) is 63.0. The lowest BCUT2D eigenvalue weighted by atomic mass is 9.98. The summed E-state index contributed by atoms with van der Waals surface area (Å²) >= 11 is 0. The van der Waals surface area contributed by atoms with E-state index in [1.54, 1.807) is 48.6 Å². The van der Waals surface area contributed by atoms with Gasteiger partial charge >= 0.3 is 23.8 Å². The molecule has 24 heteroatoms. The first kappa shape index (κ1) is 62.2. The number of aliphatic carboxylic acids is 2. The number of aromatic nitrogens is 4. The number of nitrogens with zero attached hydrogens (tertiary/aromatic N) is 5. The molecule has 0 saturated carbocycles. The van der Waals surface area contributed by atoms with Crippen molar-refractivity contribution < 1.29 is 61.8 Å². The number of ether oxygens (including phenoxy) is 2. The zero-order valence-corrected chi connectivity index (χ0v) is 48.3. The van der Waals surface area contributed by atoms with E-state index in [9.17, 15) is 57.5 Å². The number of nitro groups is 1. The number of hydrogen-bond acceptors (Lipinski definition) is 13. The van der Waals surface area contributed by atoms with E-state index >= 15 is 0 Å². The second-order valence-corrected chi connectivity index (χ2v) is 21.0. The van der Waals surface area contributed by atoms with Gasteiger partial charge in [-0.05, 0) is 128 Å². The molecule has 88 heavy (non-hydrogen) atoms. The minimum absolute atomic E-state index is 0.0171. The van der Waals surface area contributed by atoms with Crippen LogP contribution < -0.4 is 20.7 Å². The average molecular weight is 1200 g/mol. The number of carbonyl (C=O) groups is 5. The molecule has 0 spiro atoms. The van der Waals surface area contributed by atoms with Gasteiger partial charge in [0.15, 0.2) is 0 Å². The highest BCUT2D eigenvalue weighted by atomic mass is 19.4. The van der Waals surface area contributed by atoms with E-state index in [4.69, 9.17) is 19.4 Å². The molecule has 1 atom stereocenters. The van der Waals surface area contributed by atoms with Gasteiger partial charge < -0.3 is 45.6 Å². The van der Waals surface area contributed by atoms with Gasteiger partial charge in [-0.2, -0.15) is 13.2 Å². The monoisotopic (exact) mass is 1200 g/mol. The third kappa shape index (κ3) is 14.1. The third-order valence-corrected chi connectivity index (χ3v) is 15.2. The number of halogens is 3. The molecule has 0 unspecified atom stereocenters. The Balaban J connectivity index is 0.893. The van der Waals surface area contributed by atoms with Gasteiger partial charge in [-0.15, -0.1) is 10.2 Å². The lowest BCUT2D eigenvalue weighted by molar-refractivity contribution is -0.384. The van der Waals surface area contributed by atoms with Crippen LogP contribution in [0.5, 0.6) is 5.75 Å². The van der Waals surface area contributed by atoms with Gasteiger partial charge in [0.2, 0.25) is 11.8 Å². The number of benzene rings is 3. The summed E-state index contributed by atoms with van der Waals surface area (Å²) < 4.78 is 54.1. The van der Waals surface area contributed by atoms with Gasteiger partial charge in [-0.25, -0.2) is 9.97 Å². The molecule has 7 N–H and O–H groups in total. The Labute approximate surface area is 501 Å². The van der Waals surface area contributed by atoms with Crippen molar-refractivity contribution in [2.75, 3.05) is 31.7 Å². The molecule has 6 heterocycles. The molecule has 9 rings (SSSR count). The highest BCUT2D eigenvalue weighted by Gasteiger charge is 2.65. The van der Waals surface area contributed by atoms with Crippen molar-refractivity contribution in [2.24, 2.45) is 10.2 Å². The summed E-state index contributed by atoms with van der Waals surface area (Å²) in [4.78, 5) is 92.3. The average Bonchev–Trinajstić information content (AvgIpc) is 1.69. The minimum atomic E-state index is -4.90. The number of fused-ring (bicyclic) bond motifs is 8. The van der Waals surface area contributed by atoms with Crippen molar-refractivity contribution in [2.45, 2.75) is 84.1 Å². The molecule has 3 amide bonds. The number of hydrogen-bond donors (Lipinski definition) is 7. The number of carbonyl (C=O) groups excluding carboxylic acids is 3. The first-order valence-electron chi connectivity index (χ1n) is 28.0. The number of carboxylic acid groups (broad SMARTS) is 2. The summed E-state index contributed by atoms with van der Waals surface area (Å²) in [5.41, 5.74) is 8.77. The summed E-state index contributed by atoms with van der Waals surface area (Å²) in [7, 11) is 0. The van der Waals surface area contributed by atoms with Crippen LogP contribution in [0.4, 0.5) is 24.5 Å². The van der Waals surface area contributed by atoms with Gasteiger partial charge in [-0.3, -0.25) is 34.1 Å². The predicted molar refractivity (Wildman–Crippen MR) is 324 cm³/mol. The smallest absolute Gasteiger partial charge is 0.442 e. The summed E-state index contributed by atoms with van der Waals surface area (Å²) in [6.45, 7) is 11.4. The Morgan fingerprint density at radius 2 is 1.34 bits per heavy atom. The molecular formula is C64H61F3N10O11. The first-order valence-corrected chi connectivity index (χ1v) is 28.0. The number of anilines is 1. The fraction of sp³-hybridized carbons (Fsp3) is 0.266. The molecule has 3 aromatic heterocycles. The molecule has 3 aromatic carbocycles. The van der Waals surface area contributed by atoms with E-state index < -0.39 is 52.1 Å². The molecule has 3 aliphatic rings. The number of nitro benzene ring substituents is 1. The van der Waals surface area contributed by atoms with Gasteiger partial charge in [0.05, 0.1) is 46.5 Å². The van der Waals surface area contributed by atoms with E-state index in [1.807, 2.05) is 52.0 Å². The third-order valence-electron chi connectivity index (χ3n) is 15.2. The number of aryl methyl sites for hydroxylation is 2. The number of amides is 3. The van der Waals surface area contributed by atoms with Crippen LogP contribution >= 0.6 is 0 Å². The van der Waals surface area contributed by atoms with Crippen molar-refractivity contribution >= 4 is 97.5 Å². The fourth-order valence-electron chi connectivity index (χ4n) is 10.3. The number of rotatable bonds is 25. The Morgan fingerprint density at radius 1 is 0.739 bits per heavy atom. The van der Waals surface area contributed by atoms with Crippen molar-refractivity contribution in [3.05, 3.63) is 182 Å². The Kier molecular flexibility index (Phi) is 18.7. The van der Waals surface area contributed by atoms with Crippen LogP contribution in [-0.4, -0.2) is 103 Å². The van der Waals surface area contributed by atoms with Gasteiger partial charge in [-0.1, -0.05) is 61.2 Å². The van der Waals surface area contributed by atoms with E-state index in [-0.39, 0.29) is 93.5 Å². The van der Waals surface area contributed by atoms with Crippen LogP contribution in [0, 0.1) is 24.0 Å². The van der Waals surface area contributed by atoms with E-state index in [1.165, 1.54) is 24.3 Å². The maximum atomic E-state index is 14.2. The first-order chi connectivity index (χ1) is 42.0. The molecule has 0 radical (unpaired) electrons. The normalized spacial score (nSPS) is 13.8. The molecule has 6 aromatic rings. The molecule has 8 bridgehead atoms. The fourth-order valence-corrected chi connectivity index (χ4v) is 10.3. The maximum absolute atomic E-state index is 14.2. The molecule has 0 aliphatic carbocycles. The molecule has 21 nitrogen and oxygen atoms in total. The van der Waals surface area contributed by atoms with Gasteiger partial charge in [0.1, 0.15) is 18.4 Å². The number of non-ortho nitro benzene ring substituents is 1. The van der Waals surface area contributed by atoms with Crippen LogP contribution in [0.2, 0.25) is 0 Å². The van der Waals surface area contributed by atoms with Gasteiger partial charge in [0.25, 0.3) is 11.6 Å². The van der Waals surface area contributed by atoms with E-state index in [2.05, 4.69) is 42.7 Å². The number of alkyl halides is 3. The molecular weight excluding hydrogens is 1140 g/mol. The van der Waals surface area contributed by atoms with E-state index in [0.29, 0.717) is 39.4 Å². The van der Waals surface area contributed by atoms with Crippen molar-refractivity contribution in [1.82, 2.24) is 30.6 Å². The molecule has 0 saturated heterocycles. The highest BCUT2D eigenvalue weighted by molar-refractivity contribution is 6.03. The second-order valence-electron chi connectivity index (χ2n) is 21.0.